The summed E-state index contributed by atoms with van der Waals surface area (Å²) in [5.41, 5.74) is 5.23. The van der Waals surface area contributed by atoms with Crippen LogP contribution in [0.15, 0.2) is 6.07 Å². The van der Waals surface area contributed by atoms with E-state index >= 15 is 0 Å². The van der Waals surface area contributed by atoms with Crippen molar-refractivity contribution in [3.63, 3.8) is 0 Å². The minimum absolute atomic E-state index is 0.169. The third kappa shape index (κ3) is 3.87. The Kier molecular flexibility index (Phi) is 5.35. The first-order valence-corrected chi connectivity index (χ1v) is 6.19. The Morgan fingerprint density at radius 3 is 2.67 bits per heavy atom. The van der Waals surface area contributed by atoms with Crippen molar-refractivity contribution < 1.29 is 4.79 Å². The maximum atomic E-state index is 11.0. The second-order valence-corrected chi connectivity index (χ2v) is 4.01. The van der Waals surface area contributed by atoms with E-state index in [1.54, 1.807) is 0 Å². The number of nitrogens with one attached hydrogen (secondary N) is 1. The molecular formula is C12H21N5O. The first-order chi connectivity index (χ1) is 8.60. The van der Waals surface area contributed by atoms with Gasteiger partial charge in [-0.3, -0.25) is 4.79 Å². The van der Waals surface area contributed by atoms with Gasteiger partial charge in [-0.2, -0.15) is 0 Å². The number of aryl methyl sites for hydroxylation is 1. The third-order valence-electron chi connectivity index (χ3n) is 2.54. The van der Waals surface area contributed by atoms with Crippen LogP contribution in [0.2, 0.25) is 0 Å². The highest BCUT2D eigenvalue weighted by Crippen LogP contribution is 2.16. The molecule has 6 heteroatoms. The fraction of sp³-hybridized carbons (Fsp3) is 0.583. The van der Waals surface area contributed by atoms with Crippen LogP contribution in [-0.2, 0) is 11.2 Å². The molecule has 1 heterocycles. The van der Waals surface area contributed by atoms with Crippen LogP contribution in [-0.4, -0.2) is 36.0 Å². The van der Waals surface area contributed by atoms with Crippen LogP contribution in [0.3, 0.4) is 0 Å². The van der Waals surface area contributed by atoms with E-state index in [0.717, 1.165) is 30.3 Å². The molecule has 1 aromatic heterocycles. The van der Waals surface area contributed by atoms with Gasteiger partial charge >= 0.3 is 0 Å². The van der Waals surface area contributed by atoms with Gasteiger partial charge in [-0.25, -0.2) is 9.97 Å². The van der Waals surface area contributed by atoms with Crippen molar-refractivity contribution in [3.05, 3.63) is 11.9 Å². The normalized spacial score (nSPS) is 10.2. The summed E-state index contributed by atoms with van der Waals surface area (Å²) in [5, 5.41) is 3.00. The fourth-order valence-electron chi connectivity index (χ4n) is 1.65. The standard InChI is InChI=1S/C12H21N5O/c1-4-6-10-15-11(14-3)7-12(16-10)17(5-2)8-9(13)18/h7H,4-6,8H2,1-3H3,(H2,13,18)(H,14,15,16). The van der Waals surface area contributed by atoms with Crippen molar-refractivity contribution in [2.75, 3.05) is 30.4 Å². The van der Waals surface area contributed by atoms with Crippen LogP contribution < -0.4 is 16.0 Å². The van der Waals surface area contributed by atoms with Crippen molar-refractivity contribution in [3.8, 4) is 0 Å². The van der Waals surface area contributed by atoms with Gasteiger partial charge < -0.3 is 16.0 Å². The van der Waals surface area contributed by atoms with Crippen LogP contribution in [0.25, 0.3) is 0 Å². The molecule has 100 valence electrons. The molecule has 0 atom stereocenters. The topological polar surface area (TPSA) is 84.1 Å². The quantitative estimate of drug-likeness (QED) is 0.748. The summed E-state index contributed by atoms with van der Waals surface area (Å²) < 4.78 is 0. The van der Waals surface area contributed by atoms with E-state index in [2.05, 4.69) is 22.2 Å². The SMILES string of the molecule is CCCc1nc(NC)cc(N(CC)CC(N)=O)n1. The summed E-state index contributed by atoms with van der Waals surface area (Å²) in [6.07, 6.45) is 1.80. The molecule has 0 aliphatic rings. The lowest BCUT2D eigenvalue weighted by Gasteiger charge is -2.21. The molecule has 0 bridgehead atoms. The lowest BCUT2D eigenvalue weighted by molar-refractivity contribution is -0.116. The molecule has 1 amide bonds. The van der Waals surface area contributed by atoms with Gasteiger partial charge in [0.2, 0.25) is 5.91 Å². The number of amides is 1. The first kappa shape index (κ1) is 14.2. The van der Waals surface area contributed by atoms with Crippen LogP contribution in [0, 0.1) is 0 Å². The molecule has 0 fully saturated rings. The van der Waals surface area contributed by atoms with E-state index in [1.165, 1.54) is 0 Å². The number of hydrogen-bond donors (Lipinski definition) is 2. The fourth-order valence-corrected chi connectivity index (χ4v) is 1.65. The Hall–Kier alpha value is -1.85. The van der Waals surface area contributed by atoms with Crippen molar-refractivity contribution >= 4 is 17.5 Å². The summed E-state index contributed by atoms with van der Waals surface area (Å²) in [7, 11) is 1.81. The molecule has 6 nitrogen and oxygen atoms in total. The van der Waals surface area contributed by atoms with Crippen molar-refractivity contribution in [1.82, 2.24) is 9.97 Å². The molecule has 18 heavy (non-hydrogen) atoms. The number of rotatable bonds is 7. The average Bonchev–Trinajstić information content (AvgIpc) is 2.35. The minimum atomic E-state index is -0.362. The second kappa shape index (κ2) is 6.78. The molecule has 0 aliphatic carbocycles. The van der Waals surface area contributed by atoms with Crippen molar-refractivity contribution in [2.24, 2.45) is 5.73 Å². The van der Waals surface area contributed by atoms with E-state index in [4.69, 9.17) is 5.73 Å². The van der Waals surface area contributed by atoms with E-state index in [-0.39, 0.29) is 12.5 Å². The predicted molar refractivity (Wildman–Crippen MR) is 72.7 cm³/mol. The zero-order chi connectivity index (χ0) is 13.5. The molecule has 0 radical (unpaired) electrons. The van der Waals surface area contributed by atoms with Gasteiger partial charge in [0.25, 0.3) is 0 Å². The minimum Gasteiger partial charge on any atom is -0.373 e. The van der Waals surface area contributed by atoms with E-state index < -0.39 is 0 Å². The predicted octanol–water partition coefficient (Wildman–Crippen LogP) is 0.782. The summed E-state index contributed by atoms with van der Waals surface area (Å²) in [6.45, 7) is 4.89. The Morgan fingerprint density at radius 1 is 1.44 bits per heavy atom. The molecule has 1 rings (SSSR count). The number of aromatic nitrogens is 2. The maximum absolute atomic E-state index is 11.0. The van der Waals surface area contributed by atoms with Gasteiger partial charge in [0, 0.05) is 26.1 Å². The molecule has 0 saturated heterocycles. The first-order valence-electron chi connectivity index (χ1n) is 6.19. The monoisotopic (exact) mass is 251 g/mol. The van der Waals surface area contributed by atoms with Crippen molar-refractivity contribution in [1.29, 1.82) is 0 Å². The number of carbonyl (C=O) groups is 1. The number of carbonyl (C=O) groups excluding carboxylic acids is 1. The molecule has 0 aliphatic heterocycles. The molecule has 0 aromatic carbocycles. The number of nitrogens with two attached hydrogens (primary N) is 1. The van der Waals surface area contributed by atoms with E-state index in [0.29, 0.717) is 6.54 Å². The van der Waals surface area contributed by atoms with Gasteiger partial charge in [0.05, 0.1) is 6.54 Å². The lowest BCUT2D eigenvalue weighted by atomic mass is 10.3. The number of primary amides is 1. The molecule has 0 saturated carbocycles. The summed E-state index contributed by atoms with van der Waals surface area (Å²) in [6, 6.07) is 1.82. The van der Waals surface area contributed by atoms with Crippen LogP contribution in [0.5, 0.6) is 0 Å². The zero-order valence-corrected chi connectivity index (χ0v) is 11.2. The van der Waals surface area contributed by atoms with Crippen LogP contribution >= 0.6 is 0 Å². The Labute approximate surface area is 108 Å². The highest BCUT2D eigenvalue weighted by molar-refractivity contribution is 5.79. The molecular weight excluding hydrogens is 230 g/mol. The number of hydrogen-bond acceptors (Lipinski definition) is 5. The Balaban J connectivity index is 3.04. The van der Waals surface area contributed by atoms with E-state index in [1.807, 2.05) is 24.9 Å². The highest BCUT2D eigenvalue weighted by Gasteiger charge is 2.11. The Bertz CT molecular complexity index is 407. The van der Waals surface area contributed by atoms with Crippen LogP contribution in [0.1, 0.15) is 26.1 Å². The van der Waals surface area contributed by atoms with E-state index in [9.17, 15) is 4.79 Å². The second-order valence-electron chi connectivity index (χ2n) is 4.01. The maximum Gasteiger partial charge on any atom is 0.236 e. The molecule has 1 aromatic rings. The van der Waals surface area contributed by atoms with Gasteiger partial charge in [-0.15, -0.1) is 0 Å². The number of nitrogens with zero attached hydrogens (tertiary/aromatic N) is 3. The average molecular weight is 251 g/mol. The summed E-state index contributed by atoms with van der Waals surface area (Å²) in [4.78, 5) is 21.7. The van der Waals surface area contributed by atoms with Gasteiger partial charge in [-0.1, -0.05) is 6.92 Å². The molecule has 0 spiro atoms. The Morgan fingerprint density at radius 2 is 2.17 bits per heavy atom. The molecule has 3 N–H and O–H groups in total. The van der Waals surface area contributed by atoms with Crippen LogP contribution in [0.4, 0.5) is 11.6 Å². The smallest absolute Gasteiger partial charge is 0.236 e. The van der Waals surface area contributed by atoms with Crippen molar-refractivity contribution in [2.45, 2.75) is 26.7 Å². The summed E-state index contributed by atoms with van der Waals surface area (Å²) in [5.74, 6) is 1.91. The molecule has 0 unspecified atom stereocenters. The largest absolute Gasteiger partial charge is 0.373 e. The summed E-state index contributed by atoms with van der Waals surface area (Å²) >= 11 is 0. The highest BCUT2D eigenvalue weighted by atomic mass is 16.1. The van der Waals surface area contributed by atoms with Gasteiger partial charge in [-0.05, 0) is 13.3 Å². The number of likely N-dealkylation sites (N-methyl/N-ethyl adjacent to an activating group) is 1. The van der Waals surface area contributed by atoms with Gasteiger partial charge in [0.15, 0.2) is 0 Å². The van der Waals surface area contributed by atoms with Gasteiger partial charge in [0.1, 0.15) is 17.5 Å². The lowest BCUT2D eigenvalue weighted by Crippen LogP contribution is -2.34. The number of anilines is 2. The third-order valence-corrected chi connectivity index (χ3v) is 2.54. The zero-order valence-electron chi connectivity index (χ0n) is 11.2.